The van der Waals surface area contributed by atoms with Crippen molar-refractivity contribution >= 4 is 11.9 Å². The number of hydrogen-bond donors (Lipinski definition) is 6. The zero-order valence-electron chi connectivity index (χ0n) is 13.8. The minimum Gasteiger partial charge on any atom is -0.508 e. The van der Waals surface area contributed by atoms with Gasteiger partial charge in [0.1, 0.15) is 23.6 Å². The van der Waals surface area contributed by atoms with Gasteiger partial charge >= 0.3 is 11.9 Å². The Morgan fingerprint density at radius 2 is 1.08 bits per heavy atom. The van der Waals surface area contributed by atoms with Crippen LogP contribution in [0.3, 0.4) is 0 Å². The topological polar surface area (TPSA) is 139 Å². The Bertz CT molecular complexity index is 714. The van der Waals surface area contributed by atoms with Crippen molar-refractivity contribution in [3.63, 3.8) is 0 Å². The van der Waals surface area contributed by atoms with E-state index in [9.17, 15) is 30.0 Å². The smallest absolute Gasteiger partial charge is 0.325 e. The van der Waals surface area contributed by atoms with Crippen molar-refractivity contribution in [2.24, 2.45) is 0 Å². The lowest BCUT2D eigenvalue weighted by Gasteiger charge is -2.19. The summed E-state index contributed by atoms with van der Waals surface area (Å²) in [4.78, 5) is 22.9. The third kappa shape index (κ3) is 4.71. The van der Waals surface area contributed by atoms with Gasteiger partial charge in [-0.1, -0.05) is 36.4 Å². The first kappa shape index (κ1) is 19.2. The van der Waals surface area contributed by atoms with Gasteiger partial charge in [-0.2, -0.15) is 0 Å². The number of aromatic hydroxyl groups is 2. The van der Waals surface area contributed by atoms with Crippen LogP contribution < -0.4 is 10.6 Å². The molecule has 0 radical (unpaired) electrons. The summed E-state index contributed by atoms with van der Waals surface area (Å²) < 4.78 is 0. The average molecular weight is 360 g/mol. The summed E-state index contributed by atoms with van der Waals surface area (Å²) >= 11 is 0. The van der Waals surface area contributed by atoms with Gasteiger partial charge in [0, 0.05) is 24.2 Å². The van der Waals surface area contributed by atoms with Gasteiger partial charge in [-0.3, -0.25) is 20.2 Å². The number of benzene rings is 2. The Labute approximate surface area is 149 Å². The van der Waals surface area contributed by atoms with Gasteiger partial charge in [0.25, 0.3) is 0 Å². The number of carboxylic acids is 2. The molecule has 2 rings (SSSR count). The van der Waals surface area contributed by atoms with Gasteiger partial charge in [0.15, 0.2) is 0 Å². The van der Waals surface area contributed by atoms with E-state index in [1.807, 2.05) is 0 Å². The highest BCUT2D eigenvalue weighted by atomic mass is 16.4. The number of rotatable bonds is 9. The van der Waals surface area contributed by atoms with E-state index in [1.165, 1.54) is 24.3 Å². The molecule has 0 unspecified atom stereocenters. The van der Waals surface area contributed by atoms with Gasteiger partial charge in [0.2, 0.25) is 0 Å². The van der Waals surface area contributed by atoms with Crippen molar-refractivity contribution in [3.8, 4) is 11.5 Å². The van der Waals surface area contributed by atoms with Crippen LogP contribution in [0.15, 0.2) is 48.5 Å². The largest absolute Gasteiger partial charge is 0.508 e. The predicted molar refractivity (Wildman–Crippen MR) is 93.0 cm³/mol. The Balaban J connectivity index is 1.99. The van der Waals surface area contributed by atoms with Gasteiger partial charge in [-0.15, -0.1) is 0 Å². The van der Waals surface area contributed by atoms with Crippen LogP contribution in [0.5, 0.6) is 11.5 Å². The van der Waals surface area contributed by atoms with Crippen LogP contribution in [0.2, 0.25) is 0 Å². The molecule has 8 nitrogen and oxygen atoms in total. The summed E-state index contributed by atoms with van der Waals surface area (Å²) in [6, 6.07) is 9.91. The van der Waals surface area contributed by atoms with E-state index in [4.69, 9.17) is 0 Å². The Hall–Kier alpha value is -3.10. The van der Waals surface area contributed by atoms with E-state index in [2.05, 4.69) is 10.6 Å². The van der Waals surface area contributed by atoms with Crippen molar-refractivity contribution in [3.05, 3.63) is 59.7 Å². The number of phenols is 2. The fourth-order valence-corrected chi connectivity index (χ4v) is 2.56. The molecule has 2 atom stereocenters. The van der Waals surface area contributed by atoms with Crippen LogP contribution in [0, 0.1) is 0 Å². The zero-order valence-corrected chi connectivity index (χ0v) is 13.8. The van der Waals surface area contributed by atoms with E-state index in [0.29, 0.717) is 0 Å². The molecule has 0 aliphatic heterocycles. The van der Waals surface area contributed by atoms with Crippen LogP contribution in [0.25, 0.3) is 0 Å². The average Bonchev–Trinajstić information content (AvgIpc) is 2.59. The van der Waals surface area contributed by atoms with E-state index >= 15 is 0 Å². The first-order chi connectivity index (χ1) is 12.4. The minimum atomic E-state index is -1.16. The summed E-state index contributed by atoms with van der Waals surface area (Å²) in [6.45, 7) is 0.255. The van der Waals surface area contributed by atoms with E-state index in [0.717, 1.165) is 0 Å². The second-order valence-electron chi connectivity index (χ2n) is 5.57. The maximum atomic E-state index is 11.4. The summed E-state index contributed by atoms with van der Waals surface area (Å²) in [7, 11) is 0. The fourth-order valence-electron chi connectivity index (χ4n) is 2.56. The molecule has 0 heterocycles. The zero-order chi connectivity index (χ0) is 19.1. The second-order valence-corrected chi connectivity index (χ2v) is 5.57. The lowest BCUT2D eigenvalue weighted by atomic mass is 10.1. The van der Waals surface area contributed by atoms with Crippen LogP contribution in [-0.4, -0.2) is 45.5 Å². The molecule has 0 amide bonds. The number of carboxylic acid groups (broad SMARTS) is 2. The van der Waals surface area contributed by atoms with Crippen LogP contribution >= 0.6 is 0 Å². The van der Waals surface area contributed by atoms with Gasteiger partial charge in [-0.25, -0.2) is 0 Å². The molecule has 0 aromatic heterocycles. The van der Waals surface area contributed by atoms with E-state index in [1.54, 1.807) is 24.3 Å². The Morgan fingerprint density at radius 3 is 1.38 bits per heavy atom. The fraction of sp³-hybridized carbons (Fsp3) is 0.222. The van der Waals surface area contributed by atoms with Crippen LogP contribution in [0.4, 0.5) is 0 Å². The normalized spacial score (nSPS) is 13.1. The number of carbonyl (C=O) groups is 2. The quantitative estimate of drug-likeness (QED) is 0.367. The molecule has 0 spiro atoms. The molecule has 0 saturated heterocycles. The van der Waals surface area contributed by atoms with Crippen molar-refractivity contribution < 1.29 is 30.0 Å². The number of nitrogens with one attached hydrogen (secondary N) is 2. The molecule has 138 valence electrons. The lowest BCUT2D eigenvalue weighted by molar-refractivity contribution is -0.141. The van der Waals surface area contributed by atoms with Gasteiger partial charge in [0.05, 0.1) is 0 Å². The number of aliphatic carboxylic acids is 2. The number of hydrogen-bond acceptors (Lipinski definition) is 6. The Kier molecular flexibility index (Phi) is 6.54. The highest BCUT2D eigenvalue weighted by Gasteiger charge is 2.24. The Morgan fingerprint density at radius 1 is 0.731 bits per heavy atom. The maximum Gasteiger partial charge on any atom is 0.325 e. The van der Waals surface area contributed by atoms with Crippen molar-refractivity contribution in [2.45, 2.75) is 12.1 Å². The van der Waals surface area contributed by atoms with Crippen molar-refractivity contribution in [1.82, 2.24) is 10.6 Å². The minimum absolute atomic E-state index is 0.128. The van der Waals surface area contributed by atoms with Gasteiger partial charge < -0.3 is 20.4 Å². The molecule has 0 bridgehead atoms. The molecular formula is C18H20N2O6. The summed E-state index contributed by atoms with van der Waals surface area (Å²) in [5.41, 5.74) is 0.436. The molecule has 8 heteroatoms. The first-order valence-corrected chi connectivity index (χ1v) is 7.90. The molecular weight excluding hydrogens is 340 g/mol. The molecule has 6 N–H and O–H groups in total. The third-order valence-electron chi connectivity index (χ3n) is 3.81. The monoisotopic (exact) mass is 360 g/mol. The maximum absolute atomic E-state index is 11.4. The van der Waals surface area contributed by atoms with Crippen LogP contribution in [0.1, 0.15) is 23.2 Å². The summed E-state index contributed by atoms with van der Waals surface area (Å²) in [6.07, 6.45) is 0. The number of para-hydroxylation sites is 2. The van der Waals surface area contributed by atoms with Crippen LogP contribution in [-0.2, 0) is 9.59 Å². The third-order valence-corrected chi connectivity index (χ3v) is 3.81. The lowest BCUT2D eigenvalue weighted by Crippen LogP contribution is -2.37. The molecule has 0 saturated carbocycles. The van der Waals surface area contributed by atoms with E-state index in [-0.39, 0.29) is 35.7 Å². The molecule has 2 aromatic carbocycles. The highest BCUT2D eigenvalue weighted by molar-refractivity contribution is 5.77. The van der Waals surface area contributed by atoms with Gasteiger partial charge in [-0.05, 0) is 12.1 Å². The second kappa shape index (κ2) is 8.84. The van der Waals surface area contributed by atoms with Crippen molar-refractivity contribution in [2.75, 3.05) is 13.1 Å². The first-order valence-electron chi connectivity index (χ1n) is 7.90. The standard InChI is InChI=1S/C18H20N2O6/c21-13-7-3-1-5-11(13)15(17(23)24)19-9-10-20-16(18(25)26)12-6-2-4-8-14(12)22/h1-8,15-16,19-22H,9-10H2,(H,23,24)(H,25,26)/t15-,16-/m0/s1. The number of phenolic OH excluding ortho intramolecular Hbond substituents is 2. The van der Waals surface area contributed by atoms with Crippen molar-refractivity contribution in [1.29, 1.82) is 0 Å². The molecule has 0 fully saturated rings. The summed E-state index contributed by atoms with van der Waals surface area (Å²) in [5.74, 6) is -2.61. The van der Waals surface area contributed by atoms with E-state index < -0.39 is 24.0 Å². The summed E-state index contributed by atoms with van der Waals surface area (Å²) in [5, 5.41) is 43.8. The molecule has 0 aliphatic carbocycles. The molecule has 26 heavy (non-hydrogen) atoms. The highest BCUT2D eigenvalue weighted by Crippen LogP contribution is 2.25. The predicted octanol–water partition coefficient (Wildman–Crippen LogP) is 1.23. The SMILES string of the molecule is O=C(O)[C@@H](NCCN[C@H](C(=O)O)c1ccccc1O)c1ccccc1O. The molecule has 2 aromatic rings. The molecule has 0 aliphatic rings.